The van der Waals surface area contributed by atoms with Crippen LogP contribution in [-0.4, -0.2) is 20.8 Å². The van der Waals surface area contributed by atoms with E-state index in [0.717, 1.165) is 35.0 Å². The quantitative estimate of drug-likeness (QED) is 0.611. The van der Waals surface area contributed by atoms with Crippen molar-refractivity contribution in [3.8, 4) is 0 Å². The molecule has 0 N–H and O–H groups in total. The molecular formula is C21H27N3OS. The number of aryl methyl sites for hydroxylation is 1. The zero-order chi connectivity index (χ0) is 18.7. The summed E-state index contributed by atoms with van der Waals surface area (Å²) in [6.07, 6.45) is 2.93. The third-order valence-corrected chi connectivity index (χ3v) is 5.41. The Bertz CT molecular complexity index is 925. The van der Waals surface area contributed by atoms with Crippen molar-refractivity contribution in [2.45, 2.75) is 53.1 Å². The molecule has 0 unspecified atom stereocenters. The van der Waals surface area contributed by atoms with Gasteiger partial charge in [-0.3, -0.25) is 14.1 Å². The molecule has 0 aliphatic carbocycles. The molecule has 0 aliphatic rings. The largest absolute Gasteiger partial charge is 0.293 e. The first kappa shape index (κ1) is 18.8. The van der Waals surface area contributed by atoms with E-state index >= 15 is 0 Å². The Morgan fingerprint density at radius 3 is 2.58 bits per heavy atom. The van der Waals surface area contributed by atoms with E-state index in [1.54, 1.807) is 21.8 Å². The smallest absolute Gasteiger partial charge is 0.258 e. The van der Waals surface area contributed by atoms with E-state index < -0.39 is 0 Å². The van der Waals surface area contributed by atoms with E-state index in [4.69, 9.17) is 4.98 Å². The van der Waals surface area contributed by atoms with Crippen molar-refractivity contribution in [1.82, 2.24) is 14.3 Å². The lowest BCUT2D eigenvalue weighted by Gasteiger charge is -2.21. The summed E-state index contributed by atoms with van der Waals surface area (Å²) in [7, 11) is 0. The Hall–Kier alpha value is -1.98. The van der Waals surface area contributed by atoms with Gasteiger partial charge in [0.1, 0.15) is 0 Å². The average molecular weight is 370 g/mol. The van der Waals surface area contributed by atoms with Crippen LogP contribution in [0.15, 0.2) is 41.3 Å². The third kappa shape index (κ3) is 4.40. The number of benzene rings is 1. The number of aromatic nitrogens is 2. The zero-order valence-corrected chi connectivity index (χ0v) is 16.8. The van der Waals surface area contributed by atoms with Crippen LogP contribution in [0.1, 0.15) is 54.8 Å². The lowest BCUT2D eigenvalue weighted by molar-refractivity contribution is 0.254. The van der Waals surface area contributed by atoms with Gasteiger partial charge in [0.2, 0.25) is 0 Å². The molecule has 26 heavy (non-hydrogen) atoms. The number of hydrogen-bond donors (Lipinski definition) is 0. The fourth-order valence-corrected chi connectivity index (χ4v) is 4.01. The topological polar surface area (TPSA) is 37.6 Å². The Kier molecular flexibility index (Phi) is 5.89. The molecule has 3 rings (SSSR count). The van der Waals surface area contributed by atoms with Crippen LogP contribution in [0.4, 0.5) is 0 Å². The van der Waals surface area contributed by atoms with Crippen LogP contribution in [0, 0.1) is 6.92 Å². The maximum Gasteiger partial charge on any atom is 0.258 e. The van der Waals surface area contributed by atoms with Crippen LogP contribution >= 0.6 is 11.3 Å². The molecule has 1 aromatic carbocycles. The van der Waals surface area contributed by atoms with Gasteiger partial charge in [0.15, 0.2) is 4.96 Å². The molecule has 138 valence electrons. The molecule has 0 saturated heterocycles. The lowest BCUT2D eigenvalue weighted by atomic mass is 10.0. The van der Waals surface area contributed by atoms with Crippen molar-refractivity contribution >= 4 is 16.3 Å². The molecule has 3 aromatic rings. The summed E-state index contributed by atoms with van der Waals surface area (Å²) in [6.45, 7) is 11.2. The number of nitrogens with zero attached hydrogens (tertiary/aromatic N) is 3. The number of fused-ring (bicyclic) bond motifs is 1. The minimum atomic E-state index is 0.00656. The number of thiazole rings is 1. The number of hydrogen-bond acceptors (Lipinski definition) is 4. The van der Waals surface area contributed by atoms with E-state index in [9.17, 15) is 4.79 Å². The fourth-order valence-electron chi connectivity index (χ4n) is 3.16. The molecule has 2 heterocycles. The molecule has 0 fully saturated rings. The highest BCUT2D eigenvalue weighted by molar-refractivity contribution is 7.16. The van der Waals surface area contributed by atoms with Gasteiger partial charge in [-0.25, -0.2) is 4.98 Å². The van der Waals surface area contributed by atoms with Crippen LogP contribution in [0.3, 0.4) is 0 Å². The van der Waals surface area contributed by atoms with Crippen LogP contribution in [-0.2, 0) is 13.1 Å². The first-order valence-electron chi connectivity index (χ1n) is 9.26. The second kappa shape index (κ2) is 8.14. The Morgan fingerprint density at radius 1 is 1.19 bits per heavy atom. The minimum absolute atomic E-state index is 0.00656. The molecule has 0 saturated carbocycles. The first-order valence-corrected chi connectivity index (χ1v) is 10.1. The molecule has 0 atom stereocenters. The Balaban J connectivity index is 1.78. The van der Waals surface area contributed by atoms with E-state index in [1.165, 1.54) is 11.1 Å². The maximum absolute atomic E-state index is 12.3. The van der Waals surface area contributed by atoms with Crippen molar-refractivity contribution in [3.05, 3.63) is 68.6 Å². The molecule has 5 heteroatoms. The van der Waals surface area contributed by atoms with Crippen LogP contribution in [0.2, 0.25) is 0 Å². The van der Waals surface area contributed by atoms with E-state index in [-0.39, 0.29) is 5.56 Å². The van der Waals surface area contributed by atoms with Gasteiger partial charge in [-0.05, 0) is 36.9 Å². The SMILES string of the molecule is CCCN(Cc1ccc(C(C)C)cc1)Cc1cc(=O)n2cc(C)sc2n1. The molecular weight excluding hydrogens is 342 g/mol. The van der Waals surface area contributed by atoms with Gasteiger partial charge in [0.25, 0.3) is 5.56 Å². The van der Waals surface area contributed by atoms with Crippen molar-refractivity contribution in [2.24, 2.45) is 0 Å². The van der Waals surface area contributed by atoms with Crippen LogP contribution in [0.5, 0.6) is 0 Å². The second-order valence-electron chi connectivity index (χ2n) is 7.19. The molecule has 0 radical (unpaired) electrons. The summed E-state index contributed by atoms with van der Waals surface area (Å²) >= 11 is 1.56. The number of rotatable bonds is 7. The maximum atomic E-state index is 12.3. The highest BCUT2D eigenvalue weighted by atomic mass is 32.1. The van der Waals surface area contributed by atoms with Gasteiger partial charge < -0.3 is 0 Å². The minimum Gasteiger partial charge on any atom is -0.293 e. The van der Waals surface area contributed by atoms with Crippen LogP contribution in [0.25, 0.3) is 4.96 Å². The zero-order valence-electron chi connectivity index (χ0n) is 16.0. The van der Waals surface area contributed by atoms with Gasteiger partial charge in [-0.15, -0.1) is 11.3 Å². The van der Waals surface area contributed by atoms with Gasteiger partial charge >= 0.3 is 0 Å². The summed E-state index contributed by atoms with van der Waals surface area (Å²) in [5, 5.41) is 0. The van der Waals surface area contributed by atoms with E-state index in [0.29, 0.717) is 12.5 Å². The fraction of sp³-hybridized carbons (Fsp3) is 0.429. The molecule has 0 amide bonds. The van der Waals surface area contributed by atoms with Gasteiger partial charge in [-0.2, -0.15) is 0 Å². The predicted octanol–water partition coefficient (Wildman–Crippen LogP) is 4.60. The Labute approximate surface area is 159 Å². The van der Waals surface area contributed by atoms with Gasteiger partial charge in [0.05, 0.1) is 5.69 Å². The summed E-state index contributed by atoms with van der Waals surface area (Å²) < 4.78 is 1.64. The standard InChI is InChI=1S/C21H27N3OS/c1-5-10-23(13-17-6-8-18(9-7-17)15(2)3)14-19-11-20(25)24-12-16(4)26-21(24)22-19/h6-9,11-12,15H,5,10,13-14H2,1-4H3. The van der Waals surface area contributed by atoms with Crippen LogP contribution < -0.4 is 5.56 Å². The summed E-state index contributed by atoms with van der Waals surface area (Å²) in [5.41, 5.74) is 3.52. The van der Waals surface area contributed by atoms with E-state index in [1.807, 2.05) is 13.1 Å². The molecule has 4 nitrogen and oxygen atoms in total. The lowest BCUT2D eigenvalue weighted by Crippen LogP contribution is -2.25. The highest BCUT2D eigenvalue weighted by Gasteiger charge is 2.11. The predicted molar refractivity (Wildman–Crippen MR) is 109 cm³/mol. The average Bonchev–Trinajstić information content (AvgIpc) is 2.96. The third-order valence-electron chi connectivity index (χ3n) is 4.51. The van der Waals surface area contributed by atoms with Gasteiger partial charge in [0, 0.05) is 30.2 Å². The van der Waals surface area contributed by atoms with Crippen molar-refractivity contribution in [3.63, 3.8) is 0 Å². The van der Waals surface area contributed by atoms with Gasteiger partial charge in [-0.1, -0.05) is 45.0 Å². The first-order chi connectivity index (χ1) is 12.5. The van der Waals surface area contributed by atoms with Crippen molar-refractivity contribution in [1.29, 1.82) is 0 Å². The summed E-state index contributed by atoms with van der Waals surface area (Å²) in [5.74, 6) is 0.550. The van der Waals surface area contributed by atoms with E-state index in [2.05, 4.69) is 49.9 Å². The normalized spacial score (nSPS) is 11.8. The monoisotopic (exact) mass is 369 g/mol. The molecule has 0 spiro atoms. The van der Waals surface area contributed by atoms with Crippen molar-refractivity contribution in [2.75, 3.05) is 6.54 Å². The Morgan fingerprint density at radius 2 is 1.92 bits per heavy atom. The second-order valence-corrected chi connectivity index (χ2v) is 8.40. The molecule has 0 bridgehead atoms. The highest BCUT2D eigenvalue weighted by Crippen LogP contribution is 2.17. The summed E-state index contributed by atoms with van der Waals surface area (Å²) in [4.78, 5) is 21.3. The molecule has 0 aliphatic heterocycles. The summed E-state index contributed by atoms with van der Waals surface area (Å²) in [6, 6.07) is 10.5. The van der Waals surface area contributed by atoms with Crippen molar-refractivity contribution < 1.29 is 0 Å². The molecule has 2 aromatic heterocycles.